The van der Waals surface area contributed by atoms with Crippen molar-refractivity contribution < 1.29 is 23.3 Å². The molecule has 0 aromatic heterocycles. The van der Waals surface area contributed by atoms with Crippen LogP contribution in [0.15, 0.2) is 109 Å². The molecule has 4 bridgehead atoms. The zero-order chi connectivity index (χ0) is 37.6. The molecule has 0 saturated heterocycles. The number of halogens is 2. The number of fused-ring (bicyclic) bond motifs is 2. The Bertz CT molecular complexity index is 2170. The fourth-order valence-electron chi connectivity index (χ4n) is 11.6. The second kappa shape index (κ2) is 20.1. The summed E-state index contributed by atoms with van der Waals surface area (Å²) in [6.07, 6.45) is 14.4. The van der Waals surface area contributed by atoms with Gasteiger partial charge in [0.1, 0.15) is 0 Å². The van der Waals surface area contributed by atoms with Gasteiger partial charge in [0.25, 0.3) is 0 Å². The summed E-state index contributed by atoms with van der Waals surface area (Å²) in [7, 11) is 0. The van der Waals surface area contributed by atoms with Crippen molar-refractivity contribution >= 4 is 53.2 Å². The van der Waals surface area contributed by atoms with Crippen LogP contribution in [-0.4, -0.2) is 6.88 Å². The Morgan fingerprint density at radius 3 is 1.59 bits per heavy atom. The molecule has 2 radical (unpaired) electrons. The summed E-state index contributed by atoms with van der Waals surface area (Å²) in [5, 5.41) is 5.58. The normalized spacial score (nSPS) is 24.1. The van der Waals surface area contributed by atoms with E-state index >= 15 is 0 Å². The predicted molar refractivity (Wildman–Crippen MR) is 257 cm³/mol. The van der Waals surface area contributed by atoms with Gasteiger partial charge in [-0.05, 0) is 114 Å². The first-order chi connectivity index (χ1) is 26.1. The van der Waals surface area contributed by atoms with E-state index in [9.17, 15) is 0 Å². The molecule has 5 aliphatic rings. The summed E-state index contributed by atoms with van der Waals surface area (Å²) < 4.78 is 0. The average molecular weight is 905 g/mol. The van der Waals surface area contributed by atoms with Crippen LogP contribution in [0.4, 0.5) is 0 Å². The predicted octanol–water partition coefficient (Wildman–Crippen LogP) is 16.2. The third kappa shape index (κ3) is 9.94. The van der Waals surface area contributed by atoms with E-state index in [1.807, 2.05) is 0 Å². The topological polar surface area (TPSA) is 0 Å². The molecule has 0 aliphatic heterocycles. The molecule has 5 aliphatic carbocycles. The molecule has 6 aromatic rings. The molecular weight excluding hydrogens is 839 g/mol. The van der Waals surface area contributed by atoms with Crippen molar-refractivity contribution in [3.05, 3.63) is 146 Å². The summed E-state index contributed by atoms with van der Waals surface area (Å²) in [5.74, 6) is 4.72. The van der Waals surface area contributed by atoms with Crippen LogP contribution in [0.3, 0.4) is 0 Å². The van der Waals surface area contributed by atoms with E-state index in [1.54, 1.807) is 11.1 Å². The van der Waals surface area contributed by atoms with Crippen molar-refractivity contribution in [2.24, 2.45) is 23.7 Å². The maximum absolute atomic E-state index is 3.06. The van der Waals surface area contributed by atoms with Gasteiger partial charge in [-0.3, -0.25) is 0 Å². The monoisotopic (exact) mass is 902 g/mol. The van der Waals surface area contributed by atoms with Crippen molar-refractivity contribution in [3.8, 4) is 22.3 Å². The van der Waals surface area contributed by atoms with Crippen molar-refractivity contribution in [2.75, 3.05) is 0 Å². The zero-order valence-corrected chi connectivity index (χ0v) is 41.3. The van der Waals surface area contributed by atoms with Crippen LogP contribution in [0.5, 0.6) is 0 Å². The molecule has 5 saturated carbocycles. The van der Waals surface area contributed by atoms with Crippen LogP contribution in [0.1, 0.15) is 120 Å². The molecule has 58 heavy (non-hydrogen) atoms. The van der Waals surface area contributed by atoms with E-state index in [1.165, 1.54) is 142 Å². The van der Waals surface area contributed by atoms with Gasteiger partial charge >= 0.3 is 30.2 Å². The van der Waals surface area contributed by atoms with Gasteiger partial charge in [-0.1, -0.05) is 119 Å². The third-order valence-corrected chi connectivity index (χ3v) is 14.1. The number of hydrogen-bond acceptors (Lipinski definition) is 0. The molecule has 0 heterocycles. The van der Waals surface area contributed by atoms with Crippen molar-refractivity contribution in [3.63, 3.8) is 0 Å². The van der Waals surface area contributed by atoms with Crippen molar-refractivity contribution in [1.82, 2.24) is 0 Å². The summed E-state index contributed by atoms with van der Waals surface area (Å²) in [5.41, 5.74) is 12.1. The van der Waals surface area contributed by atoms with E-state index in [4.69, 9.17) is 0 Å². The number of rotatable bonds is 4. The Kier molecular flexibility index (Phi) is 16.8. The summed E-state index contributed by atoms with van der Waals surface area (Å²) in [4.78, 5) is 0. The average Bonchev–Trinajstić information content (AvgIpc) is 3.79. The van der Waals surface area contributed by atoms with Crippen LogP contribution in [0, 0.1) is 45.4 Å². The fourth-order valence-corrected chi connectivity index (χ4v) is 11.6. The number of benzene rings is 4. The van der Waals surface area contributed by atoms with Gasteiger partial charge in [-0.2, -0.15) is 12.1 Å². The van der Waals surface area contributed by atoms with Crippen LogP contribution >= 0.6 is 24.8 Å². The minimum absolute atomic E-state index is 0. The molecular formula is C54H66Cl2SiZr-4. The van der Waals surface area contributed by atoms with Crippen molar-refractivity contribution in [2.45, 2.75) is 116 Å². The van der Waals surface area contributed by atoms with Gasteiger partial charge < -0.3 is 14.9 Å². The van der Waals surface area contributed by atoms with E-state index in [0.717, 1.165) is 29.6 Å². The summed E-state index contributed by atoms with van der Waals surface area (Å²) in [6, 6.07) is 41.9. The molecule has 0 unspecified atom stereocenters. The molecule has 11 rings (SSSR count). The Morgan fingerprint density at radius 1 is 0.621 bits per heavy atom. The maximum atomic E-state index is 3.06. The molecule has 6 aromatic carbocycles. The van der Waals surface area contributed by atoms with E-state index in [-0.39, 0.29) is 45.1 Å². The second-order valence-corrected chi connectivity index (χ2v) is 19.0. The molecule has 0 amide bonds. The third-order valence-electron chi connectivity index (χ3n) is 14.1. The molecule has 0 atom stereocenters. The van der Waals surface area contributed by atoms with Crippen LogP contribution < -0.4 is 0 Å². The fraction of sp³-hybridized carbons (Fsp3) is 0.407. The summed E-state index contributed by atoms with van der Waals surface area (Å²) >= 11 is 1.36. The Hall–Kier alpha value is -2.22. The van der Waals surface area contributed by atoms with E-state index in [2.05, 4.69) is 151 Å². The quantitative estimate of drug-likeness (QED) is 0.122. The van der Waals surface area contributed by atoms with E-state index in [0.29, 0.717) is 5.41 Å². The first-order valence-electron chi connectivity index (χ1n) is 20.9. The minimum atomic E-state index is 0. The molecule has 0 nitrogen and oxygen atoms in total. The number of hydrogen-bond donors (Lipinski definition) is 0. The molecule has 308 valence electrons. The molecule has 0 N–H and O–H groups in total. The second-order valence-electron chi connectivity index (χ2n) is 19.0. The first-order valence-corrected chi connectivity index (χ1v) is 25.1. The molecule has 5 fully saturated rings. The Morgan fingerprint density at radius 2 is 1.09 bits per heavy atom. The zero-order valence-electron chi connectivity index (χ0n) is 36.2. The Balaban J connectivity index is 0.000000231. The molecule has 0 spiro atoms. The van der Waals surface area contributed by atoms with Gasteiger partial charge in [-0.15, -0.1) is 93.9 Å². The van der Waals surface area contributed by atoms with Crippen LogP contribution in [-0.2, 0) is 34.2 Å². The summed E-state index contributed by atoms with van der Waals surface area (Å²) in [6.45, 7) is 14.5. The van der Waals surface area contributed by atoms with E-state index < -0.39 is 0 Å². The standard InChI is InChI=1S/C26H27.C26H31.2CH3.2ClH.Si.Zr/c1-17-9-22-3-2-4-24(25(22)10-17)21-5-7-23(8-6-21)26-14-18-11-19(15-26)13-20(12-18)16-26;1-18-8-10-19(11-9-18)22-16-21-6-5-7-24(25(21)17-22)20-12-14-23(15-13-20)26(2,3)4;;;;;;/h2-10,18-20H,11-16H2,1H3;5-7,12-19H,8-11H2,1-4H3;2*1H3;2*1H;;/q4*-1;;;;. The van der Waals surface area contributed by atoms with Crippen molar-refractivity contribution in [1.29, 1.82) is 0 Å². The Labute approximate surface area is 381 Å². The van der Waals surface area contributed by atoms with Gasteiger partial charge in [0.05, 0.1) is 0 Å². The first kappa shape index (κ1) is 48.4. The van der Waals surface area contributed by atoms with Gasteiger partial charge in [-0.25, -0.2) is 0 Å². The molecule has 4 heteroatoms. The SMILES string of the molecule is CC1CCC(c2cc3c(-c4ccc(C(C)(C)C)cc4)cccc3[cH-]2)CC1.Cc1cc2c(-c3ccc(C45CC6CC(CC(C6)C4)C5)cc3)cccc2[cH-]1.Cl.Cl.[CH3-].[CH3-].[Si]=[Zr]. The van der Waals surface area contributed by atoms with Crippen LogP contribution in [0.2, 0.25) is 0 Å². The van der Waals surface area contributed by atoms with Gasteiger partial charge in [0, 0.05) is 0 Å². The number of aryl methyl sites for hydroxylation is 1. The van der Waals surface area contributed by atoms with Gasteiger partial charge in [0.15, 0.2) is 0 Å². The van der Waals surface area contributed by atoms with Gasteiger partial charge in [0.2, 0.25) is 0 Å². The van der Waals surface area contributed by atoms with Crippen LogP contribution in [0.25, 0.3) is 43.8 Å².